The van der Waals surface area contributed by atoms with Gasteiger partial charge in [0.15, 0.2) is 11.5 Å². The zero-order valence-electron chi connectivity index (χ0n) is 20.4. The van der Waals surface area contributed by atoms with Crippen LogP contribution in [0.4, 0.5) is 0 Å². The maximum Gasteiger partial charge on any atom is 0.326 e. The Hall–Kier alpha value is -4.08. The second kappa shape index (κ2) is 9.88. The molecule has 2 aromatic heterocycles. The average molecular weight is 492 g/mol. The number of benzene rings is 2. The van der Waals surface area contributed by atoms with Gasteiger partial charge in [-0.05, 0) is 37.5 Å². The van der Waals surface area contributed by atoms with Gasteiger partial charge >= 0.3 is 5.69 Å². The number of para-hydroxylation sites is 2. The smallest absolute Gasteiger partial charge is 0.326 e. The molecule has 1 N–H and O–H groups in total. The third kappa shape index (κ3) is 4.34. The number of nitrogens with one attached hydrogen (secondary N) is 1. The van der Waals surface area contributed by atoms with Crippen molar-refractivity contribution in [3.63, 3.8) is 0 Å². The quantitative estimate of drug-likeness (QED) is 0.426. The first-order valence-corrected chi connectivity index (χ1v) is 12.1. The number of aromatic nitrogens is 4. The highest BCUT2D eigenvalue weighted by atomic mass is 16.5. The number of H-pyrrole nitrogens is 1. The molecule has 4 aromatic rings. The average Bonchev–Trinajstić information content (AvgIpc) is 3.24. The van der Waals surface area contributed by atoms with Crippen LogP contribution in [0.3, 0.4) is 0 Å². The van der Waals surface area contributed by atoms with Gasteiger partial charge in [-0.3, -0.25) is 18.7 Å². The molecule has 10 heteroatoms. The van der Waals surface area contributed by atoms with Crippen molar-refractivity contribution in [1.29, 1.82) is 0 Å². The first-order valence-electron chi connectivity index (χ1n) is 12.1. The number of carbonyl (C=O) groups is 1. The van der Waals surface area contributed by atoms with Crippen LogP contribution >= 0.6 is 0 Å². The van der Waals surface area contributed by atoms with E-state index >= 15 is 0 Å². The maximum atomic E-state index is 12.9. The van der Waals surface area contributed by atoms with Gasteiger partial charge in [-0.15, -0.1) is 0 Å². The second-order valence-electron chi connectivity index (χ2n) is 9.00. The van der Waals surface area contributed by atoms with E-state index in [1.54, 1.807) is 12.1 Å². The van der Waals surface area contributed by atoms with Crippen LogP contribution in [-0.4, -0.2) is 57.2 Å². The van der Waals surface area contributed by atoms with Crippen molar-refractivity contribution >= 4 is 27.8 Å². The summed E-state index contributed by atoms with van der Waals surface area (Å²) >= 11 is 0. The fraction of sp³-hybridized carbons (Fsp3) is 0.385. The zero-order valence-corrected chi connectivity index (χ0v) is 20.4. The van der Waals surface area contributed by atoms with Gasteiger partial charge in [0, 0.05) is 38.2 Å². The molecule has 188 valence electrons. The fourth-order valence-corrected chi connectivity index (χ4v) is 5.01. The lowest BCUT2D eigenvalue weighted by atomic mass is 10.0. The number of aryl methyl sites for hydroxylation is 1. The Morgan fingerprint density at radius 2 is 1.81 bits per heavy atom. The number of aromatic amines is 1. The molecule has 2 aromatic carbocycles. The van der Waals surface area contributed by atoms with Gasteiger partial charge in [0.05, 0.1) is 42.5 Å². The molecule has 0 atom stereocenters. The lowest BCUT2D eigenvalue weighted by molar-refractivity contribution is -0.132. The number of imidazole rings is 1. The van der Waals surface area contributed by atoms with Crippen LogP contribution in [0, 0.1) is 0 Å². The highest BCUT2D eigenvalue weighted by Gasteiger charge is 2.25. The van der Waals surface area contributed by atoms with Gasteiger partial charge < -0.3 is 19.4 Å². The van der Waals surface area contributed by atoms with E-state index in [1.807, 2.05) is 33.7 Å². The summed E-state index contributed by atoms with van der Waals surface area (Å²) in [5, 5.41) is 0.441. The third-order valence-electron chi connectivity index (χ3n) is 6.93. The predicted molar refractivity (Wildman–Crippen MR) is 136 cm³/mol. The molecule has 0 unspecified atom stereocenters. The molecule has 3 heterocycles. The van der Waals surface area contributed by atoms with E-state index in [-0.39, 0.29) is 23.2 Å². The van der Waals surface area contributed by atoms with Gasteiger partial charge in [0.1, 0.15) is 0 Å². The Balaban J connectivity index is 1.19. The highest BCUT2D eigenvalue weighted by Crippen LogP contribution is 2.30. The van der Waals surface area contributed by atoms with Crippen LogP contribution in [0.15, 0.2) is 52.3 Å². The largest absolute Gasteiger partial charge is 0.493 e. The third-order valence-corrected chi connectivity index (χ3v) is 6.93. The van der Waals surface area contributed by atoms with E-state index in [1.165, 1.54) is 25.1 Å². The van der Waals surface area contributed by atoms with E-state index in [2.05, 4.69) is 9.97 Å². The Morgan fingerprint density at radius 1 is 1.08 bits per heavy atom. The number of ether oxygens (including phenoxy) is 2. The van der Waals surface area contributed by atoms with Crippen molar-refractivity contribution in [2.45, 2.75) is 38.3 Å². The summed E-state index contributed by atoms with van der Waals surface area (Å²) in [5.74, 6) is 1.04. The van der Waals surface area contributed by atoms with Crippen LogP contribution in [0.1, 0.15) is 31.7 Å². The number of hydrogen-bond donors (Lipinski definition) is 1. The number of likely N-dealkylation sites (tertiary alicyclic amines) is 1. The number of methoxy groups -OCH3 is 2. The monoisotopic (exact) mass is 491 g/mol. The fourth-order valence-electron chi connectivity index (χ4n) is 5.01. The molecule has 0 radical (unpaired) electrons. The number of nitrogens with zero attached hydrogens (tertiary/aromatic N) is 4. The molecule has 1 fully saturated rings. The van der Waals surface area contributed by atoms with E-state index < -0.39 is 0 Å². The van der Waals surface area contributed by atoms with Crippen molar-refractivity contribution in [1.82, 2.24) is 24.0 Å². The number of carbonyl (C=O) groups excluding carboxylic acids is 1. The first-order chi connectivity index (χ1) is 17.5. The summed E-state index contributed by atoms with van der Waals surface area (Å²) < 4.78 is 13.9. The van der Waals surface area contributed by atoms with Crippen molar-refractivity contribution < 1.29 is 14.3 Å². The van der Waals surface area contributed by atoms with Crippen LogP contribution in [-0.2, 0) is 11.3 Å². The molecule has 0 spiro atoms. The van der Waals surface area contributed by atoms with E-state index in [9.17, 15) is 14.4 Å². The summed E-state index contributed by atoms with van der Waals surface area (Å²) in [6.07, 6.45) is 3.83. The Labute approximate surface area is 207 Å². The molecule has 36 heavy (non-hydrogen) atoms. The highest BCUT2D eigenvalue weighted by molar-refractivity contribution is 5.81. The molecule has 1 saturated heterocycles. The van der Waals surface area contributed by atoms with E-state index in [0.29, 0.717) is 54.9 Å². The van der Waals surface area contributed by atoms with Crippen molar-refractivity contribution in [2.75, 3.05) is 27.3 Å². The normalized spacial score (nSPS) is 14.4. The lowest BCUT2D eigenvalue weighted by Crippen LogP contribution is -2.40. The molecule has 1 aliphatic heterocycles. The minimum Gasteiger partial charge on any atom is -0.493 e. The number of amides is 1. The van der Waals surface area contributed by atoms with Gasteiger partial charge in [-0.25, -0.2) is 9.78 Å². The number of piperidine rings is 1. The SMILES string of the molecule is COc1cc2ncn(CCCC(=O)N3CCC(n4c(=O)[nH]c5ccccc54)CC3)c(=O)c2cc1OC. The molecule has 1 amide bonds. The molecular formula is C26H29N5O5. The summed E-state index contributed by atoms with van der Waals surface area (Å²) in [4.78, 5) is 47.4. The minimum atomic E-state index is -0.182. The summed E-state index contributed by atoms with van der Waals surface area (Å²) in [7, 11) is 3.05. The van der Waals surface area contributed by atoms with E-state index in [4.69, 9.17) is 9.47 Å². The first kappa shape index (κ1) is 23.7. The van der Waals surface area contributed by atoms with Crippen molar-refractivity contribution in [3.05, 3.63) is 63.6 Å². The predicted octanol–water partition coefficient (Wildman–Crippen LogP) is 2.70. The molecule has 0 bridgehead atoms. The molecule has 10 nitrogen and oxygen atoms in total. The van der Waals surface area contributed by atoms with Crippen LogP contribution in [0.2, 0.25) is 0 Å². The molecule has 5 rings (SSSR count). The molecule has 1 aliphatic rings. The van der Waals surface area contributed by atoms with Gasteiger partial charge in [0.25, 0.3) is 5.56 Å². The topological polar surface area (TPSA) is 111 Å². The molecule has 0 aliphatic carbocycles. The Morgan fingerprint density at radius 3 is 2.56 bits per heavy atom. The molecular weight excluding hydrogens is 462 g/mol. The minimum absolute atomic E-state index is 0.0629. The van der Waals surface area contributed by atoms with Gasteiger partial charge in [-0.1, -0.05) is 12.1 Å². The summed E-state index contributed by atoms with van der Waals surface area (Å²) in [6.45, 7) is 1.60. The van der Waals surface area contributed by atoms with Crippen molar-refractivity contribution in [2.24, 2.45) is 0 Å². The summed E-state index contributed by atoms with van der Waals surface area (Å²) in [6, 6.07) is 11.0. The standard InChI is InChI=1S/C26H29N5O5/c1-35-22-14-18-20(15-23(22)36-2)27-16-30(25(18)33)11-5-8-24(32)29-12-9-17(10-13-29)31-21-7-4-3-6-19(21)28-26(31)34/h3-4,6-7,14-17H,5,8-13H2,1-2H3,(H,28,34). The van der Waals surface area contributed by atoms with Gasteiger partial charge in [0.2, 0.25) is 5.91 Å². The number of hydrogen-bond acceptors (Lipinski definition) is 6. The van der Waals surface area contributed by atoms with Gasteiger partial charge in [-0.2, -0.15) is 0 Å². The lowest BCUT2D eigenvalue weighted by Gasteiger charge is -2.32. The Bertz CT molecular complexity index is 1530. The molecule has 0 saturated carbocycles. The maximum absolute atomic E-state index is 12.9. The van der Waals surface area contributed by atoms with Crippen LogP contribution < -0.4 is 20.7 Å². The Kier molecular flexibility index (Phi) is 6.49. The number of rotatable bonds is 7. The van der Waals surface area contributed by atoms with Crippen LogP contribution in [0.5, 0.6) is 11.5 Å². The van der Waals surface area contributed by atoms with Crippen LogP contribution in [0.25, 0.3) is 21.9 Å². The van der Waals surface area contributed by atoms with Crippen molar-refractivity contribution in [3.8, 4) is 11.5 Å². The number of fused-ring (bicyclic) bond motifs is 2. The van der Waals surface area contributed by atoms with E-state index in [0.717, 1.165) is 23.9 Å². The summed E-state index contributed by atoms with van der Waals surface area (Å²) in [5.41, 5.74) is 1.97. The zero-order chi connectivity index (χ0) is 25.2. The second-order valence-corrected chi connectivity index (χ2v) is 9.00.